The average molecular weight is 193 g/mol. The van der Waals surface area contributed by atoms with Gasteiger partial charge in [0.15, 0.2) is 0 Å². The van der Waals surface area contributed by atoms with Crippen molar-refractivity contribution in [3.63, 3.8) is 0 Å². The van der Waals surface area contributed by atoms with Crippen LogP contribution in [0.1, 0.15) is 52.4 Å². The fourth-order valence-corrected chi connectivity index (χ4v) is 2.05. The molecule has 0 saturated carbocycles. The quantitative estimate of drug-likeness (QED) is 0.675. The first-order valence-corrected chi connectivity index (χ1v) is 6.02. The first-order valence-electron chi connectivity index (χ1n) is 6.02. The minimum Gasteiger partial charge on any atom is -0.310 e. The number of rotatable bonds is 4. The van der Waals surface area contributed by atoms with Crippen molar-refractivity contribution in [1.29, 1.82) is 0 Å². The van der Waals surface area contributed by atoms with E-state index in [1.807, 2.05) is 0 Å². The molecule has 0 aromatic rings. The van der Waals surface area contributed by atoms with E-state index in [2.05, 4.69) is 31.0 Å². The molecule has 14 heavy (non-hydrogen) atoms. The van der Waals surface area contributed by atoms with Crippen LogP contribution in [0.2, 0.25) is 0 Å². The maximum absolute atomic E-state index is 3.59. The van der Waals surface area contributed by atoms with Crippen molar-refractivity contribution >= 4 is 0 Å². The Morgan fingerprint density at radius 1 is 1.50 bits per heavy atom. The summed E-state index contributed by atoms with van der Waals surface area (Å²) < 4.78 is 0. The molecule has 1 rings (SSSR count). The summed E-state index contributed by atoms with van der Waals surface area (Å²) in [5.74, 6) is 0. The largest absolute Gasteiger partial charge is 0.310 e. The number of hydrogen-bond acceptors (Lipinski definition) is 1. The van der Waals surface area contributed by atoms with Gasteiger partial charge < -0.3 is 5.32 Å². The summed E-state index contributed by atoms with van der Waals surface area (Å²) in [5, 5.41) is 3.59. The van der Waals surface area contributed by atoms with Crippen molar-refractivity contribution in [3.8, 4) is 0 Å². The second kappa shape index (κ2) is 6.86. The van der Waals surface area contributed by atoms with Gasteiger partial charge in [0.2, 0.25) is 0 Å². The van der Waals surface area contributed by atoms with Crippen molar-refractivity contribution in [2.45, 2.75) is 58.4 Å². The Bertz CT molecular complexity index is 205. The molecule has 0 aliphatic carbocycles. The van der Waals surface area contributed by atoms with E-state index in [4.69, 9.17) is 0 Å². The fourth-order valence-electron chi connectivity index (χ4n) is 2.05. The third-order valence-corrected chi connectivity index (χ3v) is 2.86. The molecule has 0 aromatic heterocycles. The zero-order chi connectivity index (χ0) is 10.2. The van der Waals surface area contributed by atoms with E-state index >= 15 is 0 Å². The van der Waals surface area contributed by atoms with Gasteiger partial charge in [-0.1, -0.05) is 19.8 Å². The summed E-state index contributed by atoms with van der Waals surface area (Å²) >= 11 is 0. The monoisotopic (exact) mass is 193 g/mol. The van der Waals surface area contributed by atoms with Gasteiger partial charge in [0, 0.05) is 6.04 Å². The van der Waals surface area contributed by atoms with Crippen LogP contribution in [-0.2, 0) is 0 Å². The van der Waals surface area contributed by atoms with Crippen LogP contribution >= 0.6 is 0 Å². The zero-order valence-electron chi connectivity index (χ0n) is 9.60. The molecule has 1 atom stereocenters. The molecule has 80 valence electrons. The Morgan fingerprint density at radius 2 is 2.36 bits per heavy atom. The van der Waals surface area contributed by atoms with Crippen LogP contribution in [0.3, 0.4) is 0 Å². The summed E-state index contributed by atoms with van der Waals surface area (Å²) in [5.41, 5.74) is 4.91. The molecule has 1 nitrogen and oxygen atoms in total. The van der Waals surface area contributed by atoms with Gasteiger partial charge in [0.05, 0.1) is 0 Å². The minimum absolute atomic E-state index is 0.617. The Hall–Kier alpha value is -0.520. The fraction of sp³-hybridized carbons (Fsp3) is 0.769. The van der Waals surface area contributed by atoms with Gasteiger partial charge >= 0.3 is 0 Å². The Labute approximate surface area is 88.3 Å². The molecule has 1 fully saturated rings. The van der Waals surface area contributed by atoms with E-state index in [0.29, 0.717) is 6.04 Å². The van der Waals surface area contributed by atoms with Gasteiger partial charge in [-0.25, -0.2) is 0 Å². The molecule has 0 aromatic carbocycles. The van der Waals surface area contributed by atoms with Crippen molar-refractivity contribution < 1.29 is 0 Å². The van der Waals surface area contributed by atoms with Crippen LogP contribution in [0.15, 0.2) is 17.4 Å². The van der Waals surface area contributed by atoms with E-state index in [-0.39, 0.29) is 0 Å². The van der Waals surface area contributed by atoms with Gasteiger partial charge in [0.25, 0.3) is 0 Å². The van der Waals surface area contributed by atoms with E-state index in [1.165, 1.54) is 50.6 Å². The molecular formula is C13H23N. The van der Waals surface area contributed by atoms with Gasteiger partial charge in [-0.3, -0.25) is 0 Å². The summed E-state index contributed by atoms with van der Waals surface area (Å²) in [4.78, 5) is 0. The molecule has 1 N–H and O–H groups in total. The van der Waals surface area contributed by atoms with E-state index in [0.717, 1.165) is 0 Å². The molecule has 1 saturated heterocycles. The number of hydrogen-bond donors (Lipinski definition) is 1. The van der Waals surface area contributed by atoms with Gasteiger partial charge in [-0.15, -0.1) is 5.73 Å². The van der Waals surface area contributed by atoms with Gasteiger partial charge in [0.1, 0.15) is 0 Å². The average Bonchev–Trinajstić information content (AvgIpc) is 2.25. The molecule has 1 heteroatoms. The Morgan fingerprint density at radius 3 is 2.93 bits per heavy atom. The standard InChI is InChI=1S/C13H23N/c1-3-5-9-12(8-4-2)13-10-6-7-11-14-13/h4,13-14H,3,5-7,9-11H2,1-2H3. The molecule has 0 spiro atoms. The topological polar surface area (TPSA) is 12.0 Å². The maximum Gasteiger partial charge on any atom is 0.0354 e. The molecular weight excluding hydrogens is 170 g/mol. The molecule has 0 bridgehead atoms. The van der Waals surface area contributed by atoms with Crippen LogP contribution < -0.4 is 5.32 Å². The highest BCUT2D eigenvalue weighted by atomic mass is 14.9. The lowest BCUT2D eigenvalue weighted by Crippen LogP contribution is -2.35. The van der Waals surface area contributed by atoms with Crippen molar-refractivity contribution in [2.24, 2.45) is 0 Å². The molecule has 1 aliphatic heterocycles. The summed E-state index contributed by atoms with van der Waals surface area (Å²) in [7, 11) is 0. The van der Waals surface area contributed by atoms with Gasteiger partial charge in [-0.05, 0) is 50.8 Å². The number of piperidine rings is 1. The van der Waals surface area contributed by atoms with Crippen molar-refractivity contribution in [1.82, 2.24) is 5.32 Å². The third-order valence-electron chi connectivity index (χ3n) is 2.86. The first-order chi connectivity index (χ1) is 6.88. The van der Waals surface area contributed by atoms with Crippen LogP contribution in [0.5, 0.6) is 0 Å². The normalized spacial score (nSPS) is 21.4. The first kappa shape index (κ1) is 11.6. The highest BCUT2D eigenvalue weighted by Crippen LogP contribution is 2.18. The lowest BCUT2D eigenvalue weighted by atomic mass is 9.94. The lowest BCUT2D eigenvalue weighted by molar-refractivity contribution is 0.430. The van der Waals surface area contributed by atoms with Crippen molar-refractivity contribution in [2.75, 3.05) is 6.54 Å². The van der Waals surface area contributed by atoms with Crippen molar-refractivity contribution in [3.05, 3.63) is 17.4 Å². The highest BCUT2D eigenvalue weighted by Gasteiger charge is 2.15. The van der Waals surface area contributed by atoms with E-state index < -0.39 is 0 Å². The molecule has 1 aliphatic rings. The van der Waals surface area contributed by atoms with Crippen LogP contribution in [-0.4, -0.2) is 12.6 Å². The maximum atomic E-state index is 3.59. The summed E-state index contributed by atoms with van der Waals surface area (Å²) in [6, 6.07) is 0.617. The third kappa shape index (κ3) is 3.69. The SMILES string of the molecule is CC=C=C(CCCC)C1CCCCN1. The summed E-state index contributed by atoms with van der Waals surface area (Å²) in [6.07, 6.45) is 9.88. The molecule has 1 heterocycles. The zero-order valence-corrected chi connectivity index (χ0v) is 9.60. The summed E-state index contributed by atoms with van der Waals surface area (Å²) in [6.45, 7) is 5.50. The lowest BCUT2D eigenvalue weighted by Gasteiger charge is -2.25. The van der Waals surface area contributed by atoms with E-state index in [1.54, 1.807) is 0 Å². The Balaban J connectivity index is 2.52. The van der Waals surface area contributed by atoms with Crippen LogP contribution in [0.25, 0.3) is 0 Å². The Kier molecular flexibility index (Phi) is 5.66. The predicted octanol–water partition coefficient (Wildman–Crippen LogP) is 3.42. The number of unbranched alkanes of at least 4 members (excludes halogenated alkanes) is 1. The predicted molar refractivity (Wildman–Crippen MR) is 62.4 cm³/mol. The van der Waals surface area contributed by atoms with Crippen LogP contribution in [0.4, 0.5) is 0 Å². The molecule has 0 amide bonds. The van der Waals surface area contributed by atoms with E-state index in [9.17, 15) is 0 Å². The smallest absolute Gasteiger partial charge is 0.0354 e. The van der Waals surface area contributed by atoms with Gasteiger partial charge in [-0.2, -0.15) is 0 Å². The second-order valence-electron chi connectivity index (χ2n) is 4.06. The highest BCUT2D eigenvalue weighted by molar-refractivity contribution is 5.11. The minimum atomic E-state index is 0.617. The molecule has 1 unspecified atom stereocenters. The van der Waals surface area contributed by atoms with Crippen LogP contribution in [0, 0.1) is 0 Å². The number of nitrogens with one attached hydrogen (secondary N) is 1. The second-order valence-corrected chi connectivity index (χ2v) is 4.06. The molecule has 0 radical (unpaired) electrons.